The summed E-state index contributed by atoms with van der Waals surface area (Å²) in [5.74, 6) is -0.302. The molecule has 1 aliphatic heterocycles. The fourth-order valence-corrected chi connectivity index (χ4v) is 5.65. The van der Waals surface area contributed by atoms with Gasteiger partial charge in [0.25, 0.3) is 0 Å². The Morgan fingerprint density at radius 2 is 1.86 bits per heavy atom. The van der Waals surface area contributed by atoms with E-state index in [9.17, 15) is 12.8 Å². The lowest BCUT2D eigenvalue weighted by molar-refractivity contribution is 0.310. The number of nitrogens with zero attached hydrogens (tertiary/aromatic N) is 3. The highest BCUT2D eigenvalue weighted by molar-refractivity contribution is 7.89. The quantitative estimate of drug-likeness (QED) is 0.508. The fourth-order valence-electron chi connectivity index (χ4n) is 4.02. The van der Waals surface area contributed by atoms with Crippen LogP contribution in [0.4, 0.5) is 4.39 Å². The third kappa shape index (κ3) is 3.08. The van der Waals surface area contributed by atoms with Gasteiger partial charge in [-0.1, -0.05) is 23.4 Å². The third-order valence-electron chi connectivity index (χ3n) is 5.52. The summed E-state index contributed by atoms with van der Waals surface area (Å²) in [6.45, 7) is 0.761. The average molecular weight is 411 g/mol. The molecule has 0 N–H and O–H groups in total. The van der Waals surface area contributed by atoms with Gasteiger partial charge in [-0.15, -0.1) is 0 Å². The summed E-state index contributed by atoms with van der Waals surface area (Å²) < 4.78 is 46.7. The largest absolute Gasteiger partial charge is 0.356 e. The Bertz CT molecular complexity index is 1310. The van der Waals surface area contributed by atoms with E-state index >= 15 is 0 Å². The Balaban J connectivity index is 1.41. The van der Waals surface area contributed by atoms with Crippen molar-refractivity contribution in [3.63, 3.8) is 0 Å². The van der Waals surface area contributed by atoms with Gasteiger partial charge in [-0.05, 0) is 37.1 Å². The monoisotopic (exact) mass is 411 g/mol. The summed E-state index contributed by atoms with van der Waals surface area (Å²) in [7, 11) is -3.65. The molecule has 0 spiro atoms. The van der Waals surface area contributed by atoms with Crippen molar-refractivity contribution in [1.29, 1.82) is 0 Å². The summed E-state index contributed by atoms with van der Waals surface area (Å²) >= 11 is 0. The standard InChI is InChI=1S/C21H18FN3O3S/c22-16-6-7-17-18(13-16)28-24-20(17)15-8-11-25(12-9-15)29(26,27)19-5-1-3-14-4-2-10-23-21(14)19/h1-7,10,13,15H,8-9,11-12H2. The topological polar surface area (TPSA) is 76.3 Å². The normalized spacial score (nSPS) is 16.6. The van der Waals surface area contributed by atoms with Crippen LogP contribution in [-0.2, 0) is 10.0 Å². The summed E-state index contributed by atoms with van der Waals surface area (Å²) in [6.07, 6.45) is 2.85. The van der Waals surface area contributed by atoms with E-state index in [0.29, 0.717) is 37.0 Å². The molecule has 29 heavy (non-hydrogen) atoms. The molecule has 0 unspecified atom stereocenters. The molecule has 0 amide bonds. The van der Waals surface area contributed by atoms with Gasteiger partial charge >= 0.3 is 0 Å². The molecule has 148 valence electrons. The van der Waals surface area contributed by atoms with E-state index in [4.69, 9.17) is 4.52 Å². The molecule has 5 rings (SSSR count). The van der Waals surface area contributed by atoms with Crippen LogP contribution >= 0.6 is 0 Å². The molecular formula is C21H18FN3O3S. The summed E-state index contributed by atoms with van der Waals surface area (Å²) in [5.41, 5.74) is 1.67. The third-order valence-corrected chi connectivity index (χ3v) is 7.45. The van der Waals surface area contributed by atoms with Crippen LogP contribution in [-0.4, -0.2) is 36.0 Å². The summed E-state index contributed by atoms with van der Waals surface area (Å²) in [6, 6.07) is 13.2. The van der Waals surface area contributed by atoms with Crippen molar-refractivity contribution in [2.45, 2.75) is 23.7 Å². The zero-order chi connectivity index (χ0) is 20.0. The first-order chi connectivity index (χ1) is 14.0. The minimum Gasteiger partial charge on any atom is -0.356 e. The van der Waals surface area contributed by atoms with Crippen molar-refractivity contribution >= 4 is 31.9 Å². The number of pyridine rings is 1. The van der Waals surface area contributed by atoms with Crippen LogP contribution in [0, 0.1) is 5.82 Å². The number of rotatable bonds is 3. The molecule has 1 fully saturated rings. The van der Waals surface area contributed by atoms with Crippen molar-refractivity contribution < 1.29 is 17.3 Å². The lowest BCUT2D eigenvalue weighted by atomic mass is 9.92. The van der Waals surface area contributed by atoms with E-state index in [1.807, 2.05) is 12.1 Å². The Hall–Kier alpha value is -2.84. The Morgan fingerprint density at radius 3 is 2.69 bits per heavy atom. The van der Waals surface area contributed by atoms with E-state index in [2.05, 4.69) is 10.1 Å². The highest BCUT2D eigenvalue weighted by Crippen LogP contribution is 2.35. The van der Waals surface area contributed by atoms with Gasteiger partial charge in [0.1, 0.15) is 10.7 Å². The number of benzene rings is 2. The van der Waals surface area contributed by atoms with Gasteiger partial charge in [-0.2, -0.15) is 4.31 Å². The second-order valence-corrected chi connectivity index (χ2v) is 9.12. The zero-order valence-corrected chi connectivity index (χ0v) is 16.3. The molecule has 1 aliphatic rings. The number of hydrogen-bond donors (Lipinski definition) is 0. The number of hydrogen-bond acceptors (Lipinski definition) is 5. The average Bonchev–Trinajstić information content (AvgIpc) is 3.16. The number of fused-ring (bicyclic) bond motifs is 2. The molecule has 0 aliphatic carbocycles. The van der Waals surface area contributed by atoms with Crippen molar-refractivity contribution in [2.75, 3.05) is 13.1 Å². The number of aromatic nitrogens is 2. The predicted molar refractivity (Wildman–Crippen MR) is 106 cm³/mol. The first-order valence-electron chi connectivity index (χ1n) is 9.43. The van der Waals surface area contributed by atoms with Crippen LogP contribution in [0.2, 0.25) is 0 Å². The zero-order valence-electron chi connectivity index (χ0n) is 15.5. The maximum Gasteiger partial charge on any atom is 0.245 e. The molecule has 4 aromatic rings. The molecule has 0 radical (unpaired) electrons. The van der Waals surface area contributed by atoms with E-state index < -0.39 is 10.0 Å². The maximum absolute atomic E-state index is 13.4. The highest BCUT2D eigenvalue weighted by Gasteiger charge is 2.33. The summed E-state index contributed by atoms with van der Waals surface area (Å²) in [4.78, 5) is 4.51. The van der Waals surface area contributed by atoms with Crippen LogP contribution in [0.5, 0.6) is 0 Å². The Kier molecular flexibility index (Phi) is 4.33. The fraction of sp³-hybridized carbons (Fsp3) is 0.238. The maximum atomic E-state index is 13.4. The highest BCUT2D eigenvalue weighted by atomic mass is 32.2. The van der Waals surface area contributed by atoms with Crippen LogP contribution in [0.1, 0.15) is 24.5 Å². The first-order valence-corrected chi connectivity index (χ1v) is 10.9. The van der Waals surface area contributed by atoms with Crippen molar-refractivity contribution in [3.8, 4) is 0 Å². The van der Waals surface area contributed by atoms with E-state index in [0.717, 1.165) is 16.5 Å². The van der Waals surface area contributed by atoms with Gasteiger partial charge in [0, 0.05) is 42.0 Å². The second-order valence-electron chi connectivity index (χ2n) is 7.22. The van der Waals surface area contributed by atoms with E-state index in [1.165, 1.54) is 16.4 Å². The lowest BCUT2D eigenvalue weighted by Crippen LogP contribution is -2.38. The number of para-hydroxylation sites is 1. The van der Waals surface area contributed by atoms with E-state index in [1.54, 1.807) is 30.5 Å². The molecule has 0 saturated carbocycles. The van der Waals surface area contributed by atoms with Gasteiger partial charge in [-0.25, -0.2) is 12.8 Å². The molecule has 0 atom stereocenters. The van der Waals surface area contributed by atoms with Crippen LogP contribution in [0.3, 0.4) is 0 Å². The molecular weight excluding hydrogens is 393 g/mol. The van der Waals surface area contributed by atoms with Gasteiger partial charge in [0.05, 0.1) is 11.2 Å². The Labute approximate surface area is 167 Å². The van der Waals surface area contributed by atoms with Crippen LogP contribution < -0.4 is 0 Å². The first kappa shape index (κ1) is 18.2. The smallest absolute Gasteiger partial charge is 0.245 e. The minimum atomic E-state index is -3.65. The Morgan fingerprint density at radius 1 is 1.07 bits per heavy atom. The molecule has 6 nitrogen and oxygen atoms in total. The van der Waals surface area contributed by atoms with Gasteiger partial charge in [-0.3, -0.25) is 4.98 Å². The molecule has 8 heteroatoms. The minimum absolute atomic E-state index is 0.0683. The molecule has 1 saturated heterocycles. The van der Waals surface area contributed by atoms with E-state index in [-0.39, 0.29) is 16.6 Å². The molecule has 3 heterocycles. The summed E-state index contributed by atoms with van der Waals surface area (Å²) in [5, 5.41) is 5.71. The molecule has 0 bridgehead atoms. The molecule has 2 aromatic carbocycles. The number of sulfonamides is 1. The predicted octanol–water partition coefficient (Wildman–Crippen LogP) is 4.08. The number of piperidine rings is 1. The van der Waals surface area contributed by atoms with Crippen molar-refractivity contribution in [3.05, 3.63) is 66.2 Å². The second kappa shape index (κ2) is 6.89. The van der Waals surface area contributed by atoms with Gasteiger partial charge < -0.3 is 4.52 Å². The van der Waals surface area contributed by atoms with Crippen molar-refractivity contribution in [2.24, 2.45) is 0 Å². The molecule has 2 aromatic heterocycles. The van der Waals surface area contributed by atoms with Gasteiger partial charge in [0.15, 0.2) is 5.58 Å². The number of halogens is 1. The van der Waals surface area contributed by atoms with Crippen LogP contribution in [0.25, 0.3) is 21.9 Å². The van der Waals surface area contributed by atoms with Gasteiger partial charge in [0.2, 0.25) is 10.0 Å². The lowest BCUT2D eigenvalue weighted by Gasteiger charge is -2.30. The van der Waals surface area contributed by atoms with Crippen molar-refractivity contribution in [1.82, 2.24) is 14.4 Å². The van der Waals surface area contributed by atoms with Crippen LogP contribution in [0.15, 0.2) is 64.1 Å². The SMILES string of the molecule is O=S(=O)(c1cccc2cccnc12)N1CCC(c2noc3cc(F)ccc23)CC1.